The Hall–Kier alpha value is -3.27. The van der Waals surface area contributed by atoms with E-state index in [1.165, 1.54) is 0 Å². The lowest BCUT2D eigenvalue weighted by molar-refractivity contribution is 0.102. The molecule has 1 N–H and O–H groups in total. The molecule has 0 aliphatic carbocycles. The number of anilines is 1. The number of para-hydroxylation sites is 1. The van der Waals surface area contributed by atoms with E-state index in [4.69, 9.17) is 9.47 Å². The third-order valence-electron chi connectivity index (χ3n) is 3.77. The third-order valence-corrected chi connectivity index (χ3v) is 3.77. The van der Waals surface area contributed by atoms with Crippen LogP contribution in [0.4, 0.5) is 5.69 Å². The van der Waals surface area contributed by atoms with Gasteiger partial charge in [0.05, 0.1) is 12.2 Å². The van der Waals surface area contributed by atoms with Crippen molar-refractivity contribution in [2.45, 2.75) is 13.5 Å². The van der Waals surface area contributed by atoms with Crippen molar-refractivity contribution in [3.63, 3.8) is 0 Å². The highest BCUT2D eigenvalue weighted by molar-refractivity contribution is 6.06. The normalized spacial score (nSPS) is 10.2. The summed E-state index contributed by atoms with van der Waals surface area (Å²) in [6.45, 7) is 2.88. The number of benzene rings is 3. The molecule has 0 aliphatic rings. The molecular weight excluding hydrogens is 326 g/mol. The van der Waals surface area contributed by atoms with Gasteiger partial charge in [-0.25, -0.2) is 0 Å². The molecule has 0 saturated heterocycles. The molecule has 0 aromatic heterocycles. The van der Waals surface area contributed by atoms with Gasteiger partial charge in [-0.15, -0.1) is 0 Å². The third kappa shape index (κ3) is 4.63. The average Bonchev–Trinajstić information content (AvgIpc) is 2.68. The van der Waals surface area contributed by atoms with E-state index in [2.05, 4.69) is 5.32 Å². The highest BCUT2D eigenvalue weighted by Crippen LogP contribution is 2.22. The molecular formula is C22H21NO3. The Kier molecular flexibility index (Phi) is 5.88. The molecule has 0 radical (unpaired) electrons. The number of amides is 1. The van der Waals surface area contributed by atoms with Crippen LogP contribution in [0.1, 0.15) is 22.8 Å². The van der Waals surface area contributed by atoms with Gasteiger partial charge in [0.2, 0.25) is 0 Å². The van der Waals surface area contributed by atoms with Crippen LogP contribution in [0.15, 0.2) is 78.9 Å². The van der Waals surface area contributed by atoms with Crippen LogP contribution in [-0.2, 0) is 6.61 Å². The summed E-state index contributed by atoms with van der Waals surface area (Å²) in [5.74, 6) is 1.06. The molecule has 0 atom stereocenters. The molecule has 132 valence electrons. The van der Waals surface area contributed by atoms with Crippen molar-refractivity contribution in [3.8, 4) is 11.5 Å². The van der Waals surface area contributed by atoms with Crippen molar-refractivity contribution in [2.24, 2.45) is 0 Å². The van der Waals surface area contributed by atoms with Crippen molar-refractivity contribution in [1.29, 1.82) is 0 Å². The number of nitrogens with one attached hydrogen (secondary N) is 1. The molecule has 3 rings (SSSR count). The number of hydrogen-bond donors (Lipinski definition) is 1. The molecule has 1 amide bonds. The van der Waals surface area contributed by atoms with Gasteiger partial charge in [0, 0.05) is 11.8 Å². The van der Waals surface area contributed by atoms with Crippen LogP contribution < -0.4 is 14.8 Å². The van der Waals surface area contributed by atoms with Gasteiger partial charge >= 0.3 is 0 Å². The van der Waals surface area contributed by atoms with Crippen molar-refractivity contribution in [3.05, 3.63) is 90.0 Å². The van der Waals surface area contributed by atoms with Crippen LogP contribution >= 0.6 is 0 Å². The standard InChI is InChI=1S/C22H21NO3/c1-2-25-21-14-7-6-13-20(21)22(24)23-18-11-8-12-19(15-18)26-16-17-9-4-3-5-10-17/h3-15H,2,16H2,1H3,(H,23,24). The topological polar surface area (TPSA) is 47.6 Å². The van der Waals surface area contributed by atoms with Gasteiger partial charge in [-0.3, -0.25) is 4.79 Å². The summed E-state index contributed by atoms with van der Waals surface area (Å²) in [7, 11) is 0. The van der Waals surface area contributed by atoms with E-state index in [0.717, 1.165) is 5.56 Å². The maximum atomic E-state index is 12.6. The minimum atomic E-state index is -0.214. The Labute approximate surface area is 153 Å². The first kappa shape index (κ1) is 17.5. The van der Waals surface area contributed by atoms with Gasteiger partial charge in [0.1, 0.15) is 18.1 Å². The maximum Gasteiger partial charge on any atom is 0.259 e. The van der Waals surface area contributed by atoms with E-state index in [9.17, 15) is 4.79 Å². The molecule has 0 unspecified atom stereocenters. The maximum absolute atomic E-state index is 12.6. The first-order chi connectivity index (χ1) is 12.8. The lowest BCUT2D eigenvalue weighted by atomic mass is 10.2. The van der Waals surface area contributed by atoms with Gasteiger partial charge in [0.15, 0.2) is 0 Å². The quantitative estimate of drug-likeness (QED) is 0.660. The zero-order valence-electron chi connectivity index (χ0n) is 14.6. The molecule has 3 aromatic carbocycles. The monoisotopic (exact) mass is 347 g/mol. The molecule has 26 heavy (non-hydrogen) atoms. The average molecular weight is 347 g/mol. The van der Waals surface area contributed by atoms with Crippen LogP contribution in [0, 0.1) is 0 Å². The number of carbonyl (C=O) groups is 1. The van der Waals surface area contributed by atoms with Crippen LogP contribution in [-0.4, -0.2) is 12.5 Å². The molecule has 0 aliphatic heterocycles. The summed E-state index contributed by atoms with van der Waals surface area (Å²) in [6.07, 6.45) is 0. The van der Waals surface area contributed by atoms with Gasteiger partial charge < -0.3 is 14.8 Å². The summed E-state index contributed by atoms with van der Waals surface area (Å²) in [5, 5.41) is 2.90. The predicted octanol–water partition coefficient (Wildman–Crippen LogP) is 4.92. The predicted molar refractivity (Wildman–Crippen MR) is 103 cm³/mol. The van der Waals surface area contributed by atoms with Crippen molar-refractivity contribution >= 4 is 11.6 Å². The Morgan fingerprint density at radius 2 is 1.65 bits per heavy atom. The van der Waals surface area contributed by atoms with Gasteiger partial charge in [0.25, 0.3) is 5.91 Å². The van der Waals surface area contributed by atoms with E-state index >= 15 is 0 Å². The van der Waals surface area contributed by atoms with E-state index in [0.29, 0.717) is 36.0 Å². The second-order valence-electron chi connectivity index (χ2n) is 5.69. The van der Waals surface area contributed by atoms with Crippen molar-refractivity contribution in [2.75, 3.05) is 11.9 Å². The van der Waals surface area contributed by atoms with Gasteiger partial charge in [-0.1, -0.05) is 48.5 Å². The first-order valence-electron chi connectivity index (χ1n) is 8.56. The fourth-order valence-corrected chi connectivity index (χ4v) is 2.54. The highest BCUT2D eigenvalue weighted by atomic mass is 16.5. The van der Waals surface area contributed by atoms with Crippen LogP contribution in [0.3, 0.4) is 0 Å². The Morgan fingerprint density at radius 1 is 0.885 bits per heavy atom. The molecule has 0 saturated carbocycles. The number of carbonyl (C=O) groups excluding carboxylic acids is 1. The van der Waals surface area contributed by atoms with Crippen molar-refractivity contribution in [1.82, 2.24) is 0 Å². The molecule has 4 heteroatoms. The minimum absolute atomic E-state index is 0.214. The number of hydrogen-bond acceptors (Lipinski definition) is 3. The Balaban J connectivity index is 1.68. The van der Waals surface area contributed by atoms with E-state index < -0.39 is 0 Å². The molecule has 0 fully saturated rings. The molecule has 0 bridgehead atoms. The SMILES string of the molecule is CCOc1ccccc1C(=O)Nc1cccc(OCc2ccccc2)c1. The zero-order chi connectivity index (χ0) is 18.2. The molecule has 0 heterocycles. The van der Waals surface area contributed by atoms with Crippen LogP contribution in [0.5, 0.6) is 11.5 Å². The molecule has 3 aromatic rings. The molecule has 0 spiro atoms. The lowest BCUT2D eigenvalue weighted by Crippen LogP contribution is -2.13. The smallest absolute Gasteiger partial charge is 0.259 e. The second-order valence-corrected chi connectivity index (χ2v) is 5.69. The van der Waals surface area contributed by atoms with Gasteiger partial charge in [-0.2, -0.15) is 0 Å². The summed E-state index contributed by atoms with van der Waals surface area (Å²) in [5.41, 5.74) is 2.27. The zero-order valence-corrected chi connectivity index (χ0v) is 14.6. The Bertz CT molecular complexity index is 862. The lowest BCUT2D eigenvalue weighted by Gasteiger charge is -2.12. The van der Waals surface area contributed by atoms with Crippen LogP contribution in [0.25, 0.3) is 0 Å². The summed E-state index contributed by atoms with van der Waals surface area (Å²) in [6, 6.07) is 24.5. The van der Waals surface area contributed by atoms with E-state index in [1.807, 2.05) is 73.7 Å². The Morgan fingerprint density at radius 3 is 2.46 bits per heavy atom. The minimum Gasteiger partial charge on any atom is -0.493 e. The van der Waals surface area contributed by atoms with Gasteiger partial charge in [-0.05, 0) is 36.8 Å². The van der Waals surface area contributed by atoms with E-state index in [-0.39, 0.29) is 5.91 Å². The fraction of sp³-hybridized carbons (Fsp3) is 0.136. The van der Waals surface area contributed by atoms with Crippen LogP contribution in [0.2, 0.25) is 0 Å². The second kappa shape index (κ2) is 8.72. The number of rotatable bonds is 7. The summed E-state index contributed by atoms with van der Waals surface area (Å²) in [4.78, 5) is 12.6. The number of ether oxygens (including phenoxy) is 2. The van der Waals surface area contributed by atoms with Crippen molar-refractivity contribution < 1.29 is 14.3 Å². The first-order valence-corrected chi connectivity index (χ1v) is 8.56. The molecule has 4 nitrogen and oxygen atoms in total. The van der Waals surface area contributed by atoms with E-state index in [1.54, 1.807) is 12.1 Å². The largest absolute Gasteiger partial charge is 0.493 e. The summed E-state index contributed by atoms with van der Waals surface area (Å²) >= 11 is 0. The highest BCUT2D eigenvalue weighted by Gasteiger charge is 2.12. The summed E-state index contributed by atoms with van der Waals surface area (Å²) < 4.78 is 11.3. The fourth-order valence-electron chi connectivity index (χ4n) is 2.54.